The van der Waals surface area contributed by atoms with E-state index in [4.69, 9.17) is 15.6 Å². The van der Waals surface area contributed by atoms with Gasteiger partial charge in [0.15, 0.2) is 0 Å². The van der Waals surface area contributed by atoms with Crippen molar-refractivity contribution in [3.63, 3.8) is 0 Å². The van der Waals surface area contributed by atoms with Gasteiger partial charge in [-0.25, -0.2) is 0 Å². The van der Waals surface area contributed by atoms with E-state index < -0.39 is 11.5 Å². The van der Waals surface area contributed by atoms with Crippen molar-refractivity contribution in [1.29, 1.82) is 0 Å². The monoisotopic (exact) mass is 223 g/mol. The second-order valence-electron chi connectivity index (χ2n) is 4.28. The van der Waals surface area contributed by atoms with E-state index in [-0.39, 0.29) is 11.7 Å². The van der Waals surface area contributed by atoms with Crippen LogP contribution in [0, 0.1) is 5.41 Å². The molecule has 0 spiro atoms. The zero-order chi connectivity index (χ0) is 12.3. The summed E-state index contributed by atoms with van der Waals surface area (Å²) in [7, 11) is 1.34. The third-order valence-electron chi connectivity index (χ3n) is 2.74. The van der Waals surface area contributed by atoms with Gasteiger partial charge in [-0.3, -0.25) is 4.79 Å². The van der Waals surface area contributed by atoms with Crippen LogP contribution in [0.15, 0.2) is 24.3 Å². The van der Waals surface area contributed by atoms with Crippen molar-refractivity contribution in [1.82, 2.24) is 0 Å². The van der Waals surface area contributed by atoms with Crippen LogP contribution < -0.4 is 5.73 Å². The van der Waals surface area contributed by atoms with Gasteiger partial charge in [-0.05, 0) is 31.5 Å². The van der Waals surface area contributed by atoms with Crippen LogP contribution in [0.5, 0.6) is 5.75 Å². The Balaban J connectivity index is 2.97. The van der Waals surface area contributed by atoms with Crippen LogP contribution >= 0.6 is 0 Å². The Morgan fingerprint density at radius 1 is 1.38 bits per heavy atom. The lowest BCUT2D eigenvalue weighted by Crippen LogP contribution is -2.37. The van der Waals surface area contributed by atoms with E-state index in [2.05, 4.69) is 0 Å². The molecule has 1 aromatic carbocycles. The molecule has 88 valence electrons. The van der Waals surface area contributed by atoms with Gasteiger partial charge in [-0.1, -0.05) is 12.1 Å². The number of hydrogen-bond acceptors (Lipinski definition) is 4. The lowest BCUT2D eigenvalue weighted by atomic mass is 9.81. The van der Waals surface area contributed by atoms with E-state index in [1.165, 1.54) is 7.11 Å². The zero-order valence-electron chi connectivity index (χ0n) is 9.73. The molecule has 0 aliphatic rings. The molecular formula is C12H17NO3. The third-order valence-corrected chi connectivity index (χ3v) is 2.74. The Hall–Kier alpha value is -1.55. The van der Waals surface area contributed by atoms with Gasteiger partial charge >= 0.3 is 5.97 Å². The maximum Gasteiger partial charge on any atom is 0.313 e. The molecule has 0 unspecified atom stereocenters. The first-order chi connectivity index (χ1) is 7.39. The fourth-order valence-electron chi connectivity index (χ4n) is 1.49. The van der Waals surface area contributed by atoms with Crippen LogP contribution in [0.3, 0.4) is 0 Å². The number of phenols is 1. The number of carbonyl (C=O) groups is 1. The summed E-state index contributed by atoms with van der Waals surface area (Å²) in [4.78, 5) is 11.6. The van der Waals surface area contributed by atoms with Gasteiger partial charge in [0.05, 0.1) is 12.5 Å². The number of hydrogen-bond donors (Lipinski definition) is 2. The molecule has 0 radical (unpaired) electrons. The summed E-state index contributed by atoms with van der Waals surface area (Å²) in [6, 6.07) is 6.01. The van der Waals surface area contributed by atoms with Gasteiger partial charge in [0.2, 0.25) is 0 Å². The minimum Gasteiger partial charge on any atom is -0.508 e. The van der Waals surface area contributed by atoms with E-state index in [9.17, 15) is 4.79 Å². The summed E-state index contributed by atoms with van der Waals surface area (Å²) < 4.78 is 4.71. The van der Waals surface area contributed by atoms with Crippen LogP contribution in [-0.4, -0.2) is 18.2 Å². The molecule has 1 aromatic rings. The van der Waals surface area contributed by atoms with E-state index in [0.717, 1.165) is 5.56 Å². The predicted molar refractivity (Wildman–Crippen MR) is 60.8 cm³/mol. The summed E-state index contributed by atoms with van der Waals surface area (Å²) in [6.45, 7) is 3.46. The number of carbonyl (C=O) groups excluding carboxylic acids is 1. The zero-order valence-corrected chi connectivity index (χ0v) is 9.73. The predicted octanol–water partition coefficient (Wildman–Crippen LogP) is 1.59. The molecule has 0 aromatic heterocycles. The molecule has 0 aliphatic carbocycles. The van der Waals surface area contributed by atoms with Gasteiger partial charge < -0.3 is 15.6 Å². The third kappa shape index (κ3) is 2.33. The second-order valence-corrected chi connectivity index (χ2v) is 4.28. The molecule has 0 bridgehead atoms. The molecule has 3 N–H and O–H groups in total. The highest BCUT2D eigenvalue weighted by Gasteiger charge is 2.36. The molecule has 0 fully saturated rings. The first kappa shape index (κ1) is 12.5. The Bertz CT molecular complexity index is 370. The van der Waals surface area contributed by atoms with Crippen LogP contribution in [-0.2, 0) is 9.53 Å². The summed E-state index contributed by atoms with van der Waals surface area (Å²) in [5, 5.41) is 9.16. The van der Waals surface area contributed by atoms with E-state index >= 15 is 0 Å². The Labute approximate surface area is 95.0 Å². The van der Waals surface area contributed by atoms with Crippen LogP contribution in [0.2, 0.25) is 0 Å². The van der Waals surface area contributed by atoms with Crippen molar-refractivity contribution in [3.05, 3.63) is 29.8 Å². The van der Waals surface area contributed by atoms with Gasteiger partial charge in [-0.15, -0.1) is 0 Å². The van der Waals surface area contributed by atoms with Crippen molar-refractivity contribution in [2.75, 3.05) is 7.11 Å². The molecule has 0 aliphatic heterocycles. The lowest BCUT2D eigenvalue weighted by molar-refractivity contribution is -0.152. The van der Waals surface area contributed by atoms with Crippen molar-refractivity contribution in [2.24, 2.45) is 11.1 Å². The Kier molecular flexibility index (Phi) is 3.55. The fourth-order valence-corrected chi connectivity index (χ4v) is 1.49. The number of methoxy groups -OCH3 is 1. The molecule has 16 heavy (non-hydrogen) atoms. The standard InChI is InChI=1S/C12H17NO3/c1-12(2,11(15)16-3)10(13)8-4-6-9(14)7-5-8/h4-7,10,14H,13H2,1-3H3/t10-/m0/s1. The maximum absolute atomic E-state index is 11.6. The van der Waals surface area contributed by atoms with Crippen LogP contribution in [0.1, 0.15) is 25.5 Å². The molecule has 0 saturated heterocycles. The molecule has 1 atom stereocenters. The number of nitrogens with two attached hydrogens (primary N) is 1. The highest BCUT2D eigenvalue weighted by atomic mass is 16.5. The van der Waals surface area contributed by atoms with Crippen molar-refractivity contribution < 1.29 is 14.6 Å². The quantitative estimate of drug-likeness (QED) is 0.763. The fraction of sp³-hybridized carbons (Fsp3) is 0.417. The number of benzene rings is 1. The second kappa shape index (κ2) is 4.53. The van der Waals surface area contributed by atoms with Crippen molar-refractivity contribution >= 4 is 5.97 Å². The average Bonchev–Trinajstić information content (AvgIpc) is 2.28. The molecule has 4 heteroatoms. The normalized spacial score (nSPS) is 13.2. The van der Waals surface area contributed by atoms with Crippen LogP contribution in [0.4, 0.5) is 0 Å². The lowest BCUT2D eigenvalue weighted by Gasteiger charge is -2.28. The minimum atomic E-state index is -0.800. The van der Waals surface area contributed by atoms with Gasteiger partial charge in [0.1, 0.15) is 5.75 Å². The van der Waals surface area contributed by atoms with Crippen molar-refractivity contribution in [3.8, 4) is 5.75 Å². The van der Waals surface area contributed by atoms with Crippen molar-refractivity contribution in [2.45, 2.75) is 19.9 Å². The topological polar surface area (TPSA) is 72.5 Å². The minimum absolute atomic E-state index is 0.173. The summed E-state index contributed by atoms with van der Waals surface area (Å²) >= 11 is 0. The van der Waals surface area contributed by atoms with E-state index in [1.807, 2.05) is 0 Å². The highest BCUT2D eigenvalue weighted by Crippen LogP contribution is 2.32. The average molecular weight is 223 g/mol. The van der Waals surface area contributed by atoms with E-state index in [0.29, 0.717) is 0 Å². The van der Waals surface area contributed by atoms with Gasteiger partial charge in [-0.2, -0.15) is 0 Å². The number of aromatic hydroxyl groups is 1. The van der Waals surface area contributed by atoms with Gasteiger partial charge in [0, 0.05) is 6.04 Å². The smallest absolute Gasteiger partial charge is 0.313 e. The van der Waals surface area contributed by atoms with Gasteiger partial charge in [0.25, 0.3) is 0 Å². The molecule has 0 saturated carbocycles. The Morgan fingerprint density at radius 3 is 2.31 bits per heavy atom. The number of esters is 1. The highest BCUT2D eigenvalue weighted by molar-refractivity contribution is 5.77. The first-order valence-electron chi connectivity index (χ1n) is 5.02. The number of rotatable bonds is 3. The molecule has 1 rings (SSSR count). The molecule has 4 nitrogen and oxygen atoms in total. The largest absolute Gasteiger partial charge is 0.508 e. The van der Waals surface area contributed by atoms with E-state index in [1.54, 1.807) is 38.1 Å². The number of ether oxygens (including phenoxy) is 1. The summed E-state index contributed by atoms with van der Waals surface area (Å²) in [5.41, 5.74) is 6.00. The SMILES string of the molecule is COC(=O)C(C)(C)[C@@H](N)c1ccc(O)cc1. The molecule has 0 amide bonds. The summed E-state index contributed by atoms with van der Waals surface area (Å²) in [5.74, 6) is -0.181. The maximum atomic E-state index is 11.6. The number of phenolic OH excluding ortho intramolecular Hbond substituents is 1. The van der Waals surface area contributed by atoms with Crippen LogP contribution in [0.25, 0.3) is 0 Å². The first-order valence-corrected chi connectivity index (χ1v) is 5.02. The molecular weight excluding hydrogens is 206 g/mol. The Morgan fingerprint density at radius 2 is 1.88 bits per heavy atom. The molecule has 0 heterocycles. The summed E-state index contributed by atoms with van der Waals surface area (Å²) in [6.07, 6.45) is 0.